The molecule has 4 nitrogen and oxygen atoms in total. The molecule has 4 heteroatoms. The SMILES string of the molecule is C=C(C)N(/C(=C\CCCC)c1ccc(C(=O)C(C)C)c(CC)c1)c1ccccc1.CCCC(=O)CCC(C)C(C)=O. The predicted octanol–water partition coefficient (Wildman–Crippen LogP) is 10.0. The number of hydrogen-bond donors (Lipinski definition) is 0. The zero-order valence-electron chi connectivity index (χ0n) is 26.9. The Morgan fingerprint density at radius 2 is 1.56 bits per heavy atom. The van der Waals surface area contributed by atoms with Crippen LogP contribution in [0.5, 0.6) is 0 Å². The average Bonchev–Trinajstić information content (AvgIpc) is 2.95. The highest BCUT2D eigenvalue weighted by molar-refractivity contribution is 5.99. The minimum absolute atomic E-state index is 0.00181. The van der Waals surface area contributed by atoms with Gasteiger partial charge in [0.2, 0.25) is 0 Å². The van der Waals surface area contributed by atoms with Crippen molar-refractivity contribution in [2.75, 3.05) is 4.90 Å². The maximum Gasteiger partial charge on any atom is 0.165 e. The number of unbranched alkanes of at least 4 members (excludes halogenated alkanes) is 2. The molecule has 2 aromatic carbocycles. The summed E-state index contributed by atoms with van der Waals surface area (Å²) in [7, 11) is 0. The van der Waals surface area contributed by atoms with Crippen LogP contribution in [0.2, 0.25) is 0 Å². The van der Waals surface area contributed by atoms with Gasteiger partial charge in [-0.2, -0.15) is 0 Å². The third-order valence-electron chi connectivity index (χ3n) is 7.18. The van der Waals surface area contributed by atoms with E-state index in [-0.39, 0.29) is 29.2 Å². The molecule has 0 radical (unpaired) electrons. The van der Waals surface area contributed by atoms with E-state index in [0.717, 1.165) is 65.9 Å². The second-order valence-electron chi connectivity index (χ2n) is 11.2. The van der Waals surface area contributed by atoms with E-state index < -0.39 is 0 Å². The summed E-state index contributed by atoms with van der Waals surface area (Å²) in [6.45, 7) is 20.0. The maximum atomic E-state index is 12.6. The lowest BCUT2D eigenvalue weighted by molar-refractivity contribution is -0.121. The average molecular weight is 560 g/mol. The van der Waals surface area contributed by atoms with Gasteiger partial charge in [0.05, 0.1) is 0 Å². The number of hydrogen-bond acceptors (Lipinski definition) is 4. The van der Waals surface area contributed by atoms with E-state index in [1.54, 1.807) is 6.92 Å². The summed E-state index contributed by atoms with van der Waals surface area (Å²) in [5.74, 6) is 0.724. The summed E-state index contributed by atoms with van der Waals surface area (Å²) >= 11 is 0. The molecule has 1 atom stereocenters. The number of para-hydroxylation sites is 1. The molecule has 0 aliphatic rings. The standard InChI is InChI=1S/C27H35NO.C10H18O2/c1-7-9-11-16-26(28(21(5)6)24-14-12-10-13-15-24)23-17-18-25(22(8-2)19-23)27(29)20(3)4;1-4-5-10(12)7-6-8(2)9(3)11/h10,12-20H,5,7-9,11H2,1-4,6H3;8H,4-7H2,1-3H3/b26-16-;. The lowest BCUT2D eigenvalue weighted by atomic mass is 9.92. The second kappa shape index (κ2) is 19.0. The van der Waals surface area contributed by atoms with E-state index in [2.05, 4.69) is 67.8 Å². The van der Waals surface area contributed by atoms with Crippen molar-refractivity contribution in [3.8, 4) is 0 Å². The second-order valence-corrected chi connectivity index (χ2v) is 11.2. The predicted molar refractivity (Wildman–Crippen MR) is 175 cm³/mol. The van der Waals surface area contributed by atoms with Gasteiger partial charge < -0.3 is 4.90 Å². The van der Waals surface area contributed by atoms with Crippen LogP contribution in [0.4, 0.5) is 5.69 Å². The molecular weight excluding hydrogens is 506 g/mol. The zero-order chi connectivity index (χ0) is 30.9. The summed E-state index contributed by atoms with van der Waals surface area (Å²) in [5, 5.41) is 0. The Kier molecular flexibility index (Phi) is 16.5. The van der Waals surface area contributed by atoms with Crippen LogP contribution in [0.15, 0.2) is 66.9 Å². The Hall–Kier alpha value is -3.27. The molecule has 224 valence electrons. The fourth-order valence-electron chi connectivity index (χ4n) is 4.50. The van der Waals surface area contributed by atoms with Gasteiger partial charge in [-0.05, 0) is 75.3 Å². The molecule has 0 fully saturated rings. The largest absolute Gasteiger partial charge is 0.315 e. The molecule has 0 N–H and O–H groups in total. The topological polar surface area (TPSA) is 54.5 Å². The van der Waals surface area contributed by atoms with Crippen LogP contribution in [0.3, 0.4) is 0 Å². The van der Waals surface area contributed by atoms with Crippen molar-refractivity contribution in [2.45, 2.75) is 107 Å². The highest BCUT2D eigenvalue weighted by atomic mass is 16.1. The number of aryl methyl sites for hydroxylation is 1. The molecule has 0 aromatic heterocycles. The van der Waals surface area contributed by atoms with Gasteiger partial charge in [0.25, 0.3) is 0 Å². The van der Waals surface area contributed by atoms with Crippen LogP contribution in [0.1, 0.15) is 122 Å². The van der Waals surface area contributed by atoms with Crippen molar-refractivity contribution in [3.05, 3.63) is 83.6 Å². The Balaban J connectivity index is 0.000000590. The molecule has 2 rings (SSSR count). The van der Waals surface area contributed by atoms with E-state index in [9.17, 15) is 14.4 Å². The van der Waals surface area contributed by atoms with Gasteiger partial charge in [0.15, 0.2) is 5.78 Å². The van der Waals surface area contributed by atoms with Crippen molar-refractivity contribution in [3.63, 3.8) is 0 Å². The Morgan fingerprint density at radius 3 is 2.07 bits per heavy atom. The molecule has 0 aliphatic heterocycles. The summed E-state index contributed by atoms with van der Waals surface area (Å²) in [5.41, 5.74) is 6.29. The smallest absolute Gasteiger partial charge is 0.165 e. The van der Waals surface area contributed by atoms with E-state index in [4.69, 9.17) is 0 Å². The molecular formula is C37H53NO3. The number of allylic oxidation sites excluding steroid dienone is 2. The molecule has 1 unspecified atom stereocenters. The number of nitrogens with zero attached hydrogens (tertiary/aromatic N) is 1. The van der Waals surface area contributed by atoms with Gasteiger partial charge in [0.1, 0.15) is 11.6 Å². The van der Waals surface area contributed by atoms with E-state index in [1.807, 2.05) is 46.8 Å². The molecule has 0 bridgehead atoms. The van der Waals surface area contributed by atoms with Gasteiger partial charge in [-0.3, -0.25) is 14.4 Å². The van der Waals surface area contributed by atoms with E-state index >= 15 is 0 Å². The van der Waals surface area contributed by atoms with E-state index in [0.29, 0.717) is 19.3 Å². The number of anilines is 1. The number of carbonyl (C=O) groups excluding carboxylic acids is 3. The van der Waals surface area contributed by atoms with Crippen molar-refractivity contribution in [2.24, 2.45) is 11.8 Å². The fraction of sp³-hybridized carbons (Fsp3) is 0.486. The minimum atomic E-state index is 0.00181. The zero-order valence-corrected chi connectivity index (χ0v) is 26.9. The summed E-state index contributed by atoms with van der Waals surface area (Å²) < 4.78 is 0. The third kappa shape index (κ3) is 12.0. The Bertz CT molecular complexity index is 1160. The van der Waals surface area contributed by atoms with Crippen molar-refractivity contribution in [1.29, 1.82) is 0 Å². The van der Waals surface area contributed by atoms with Crippen LogP contribution in [0, 0.1) is 11.8 Å². The molecule has 0 spiro atoms. The highest BCUT2D eigenvalue weighted by Crippen LogP contribution is 2.32. The van der Waals surface area contributed by atoms with Gasteiger partial charge >= 0.3 is 0 Å². The van der Waals surface area contributed by atoms with Gasteiger partial charge in [-0.15, -0.1) is 0 Å². The number of benzene rings is 2. The quantitative estimate of drug-likeness (QED) is 0.152. The Morgan fingerprint density at radius 1 is 0.902 bits per heavy atom. The first-order chi connectivity index (χ1) is 19.5. The lowest BCUT2D eigenvalue weighted by Gasteiger charge is -2.29. The van der Waals surface area contributed by atoms with Gasteiger partial charge in [-0.25, -0.2) is 0 Å². The van der Waals surface area contributed by atoms with Crippen molar-refractivity contribution in [1.82, 2.24) is 0 Å². The van der Waals surface area contributed by atoms with Gasteiger partial charge in [0, 0.05) is 47.3 Å². The molecule has 0 aliphatic carbocycles. The number of ketones is 3. The summed E-state index contributed by atoms with van der Waals surface area (Å²) in [6.07, 6.45) is 9.31. The van der Waals surface area contributed by atoms with Crippen molar-refractivity contribution >= 4 is 28.7 Å². The maximum absolute atomic E-state index is 12.6. The fourth-order valence-corrected chi connectivity index (χ4v) is 4.50. The first kappa shape index (κ1) is 35.8. The summed E-state index contributed by atoms with van der Waals surface area (Å²) in [6, 6.07) is 16.6. The Labute approximate surface area is 249 Å². The molecule has 41 heavy (non-hydrogen) atoms. The first-order valence-corrected chi connectivity index (χ1v) is 15.4. The lowest BCUT2D eigenvalue weighted by Crippen LogP contribution is -2.19. The van der Waals surface area contributed by atoms with Crippen molar-refractivity contribution < 1.29 is 14.4 Å². The van der Waals surface area contributed by atoms with Gasteiger partial charge in [-0.1, -0.05) is 91.0 Å². The van der Waals surface area contributed by atoms with Crippen LogP contribution in [-0.2, 0) is 16.0 Å². The summed E-state index contributed by atoms with van der Waals surface area (Å²) in [4.78, 5) is 36.7. The first-order valence-electron chi connectivity index (χ1n) is 15.4. The van der Waals surface area contributed by atoms with Crippen LogP contribution >= 0.6 is 0 Å². The molecule has 0 saturated heterocycles. The molecule has 0 amide bonds. The molecule has 0 saturated carbocycles. The van der Waals surface area contributed by atoms with E-state index in [1.165, 1.54) is 0 Å². The minimum Gasteiger partial charge on any atom is -0.315 e. The number of carbonyl (C=O) groups is 3. The number of rotatable bonds is 16. The normalized spacial score (nSPS) is 11.9. The molecule has 2 aromatic rings. The monoisotopic (exact) mass is 559 g/mol. The molecule has 0 heterocycles. The van der Waals surface area contributed by atoms with Crippen LogP contribution < -0.4 is 4.90 Å². The highest BCUT2D eigenvalue weighted by Gasteiger charge is 2.19. The van der Waals surface area contributed by atoms with Crippen LogP contribution in [-0.4, -0.2) is 17.3 Å². The van der Waals surface area contributed by atoms with Crippen LogP contribution in [0.25, 0.3) is 5.70 Å². The third-order valence-corrected chi connectivity index (χ3v) is 7.18. The number of Topliss-reactive ketones (excluding diaryl/α,β-unsaturated/α-hetero) is 3.